The van der Waals surface area contributed by atoms with Gasteiger partial charge < -0.3 is 5.11 Å². The molecule has 0 bridgehead atoms. The van der Waals surface area contributed by atoms with Gasteiger partial charge in [-0.25, -0.2) is 0 Å². The average Bonchev–Trinajstić information content (AvgIpc) is 2.41. The molecule has 1 N–H and O–H groups in total. The van der Waals surface area contributed by atoms with Crippen LogP contribution >= 0.6 is 0 Å². The number of nitrogens with zero attached hydrogens (tertiary/aromatic N) is 1. The highest BCUT2D eigenvalue weighted by Crippen LogP contribution is 2.25. The Kier molecular flexibility index (Phi) is 3.65. The summed E-state index contributed by atoms with van der Waals surface area (Å²) in [7, 11) is 0. The number of β-amino-alcohol motifs (C(OH)–C–C–N with tert-alkyl or cyclic N) is 1. The van der Waals surface area contributed by atoms with E-state index in [1.165, 1.54) is 12.8 Å². The molecule has 1 saturated heterocycles. The van der Waals surface area contributed by atoms with Gasteiger partial charge in [-0.05, 0) is 26.2 Å². The lowest BCUT2D eigenvalue weighted by Gasteiger charge is -2.23. The zero-order chi connectivity index (χ0) is 11.6. The number of Topliss-reactive ketones (excluding diaryl/α,β-unsaturated/α-hetero) is 1. The van der Waals surface area contributed by atoms with E-state index in [-0.39, 0.29) is 5.92 Å². The summed E-state index contributed by atoms with van der Waals surface area (Å²) in [4.78, 5) is 14.1. The Morgan fingerprint density at radius 3 is 2.94 bits per heavy atom. The summed E-state index contributed by atoms with van der Waals surface area (Å²) in [6.07, 6.45) is 6.15. The number of likely N-dealkylation sites (tertiary alicyclic amines) is 1. The average molecular weight is 225 g/mol. The molecule has 0 radical (unpaired) electrons. The zero-order valence-corrected chi connectivity index (χ0v) is 10.2. The molecule has 2 unspecified atom stereocenters. The number of aliphatic hydroxyl groups is 1. The van der Waals surface area contributed by atoms with Crippen LogP contribution in [0.15, 0.2) is 0 Å². The van der Waals surface area contributed by atoms with Crippen molar-refractivity contribution in [1.29, 1.82) is 0 Å². The van der Waals surface area contributed by atoms with Crippen molar-refractivity contribution in [3.8, 4) is 0 Å². The first-order valence-corrected chi connectivity index (χ1v) is 6.54. The molecule has 0 aromatic carbocycles. The van der Waals surface area contributed by atoms with Crippen molar-refractivity contribution in [2.24, 2.45) is 5.92 Å². The molecule has 2 fully saturated rings. The molecule has 3 nitrogen and oxygen atoms in total. The second-order valence-corrected chi connectivity index (χ2v) is 5.74. The molecule has 2 rings (SSSR count). The molecule has 2 aliphatic rings. The van der Waals surface area contributed by atoms with E-state index < -0.39 is 5.60 Å². The summed E-state index contributed by atoms with van der Waals surface area (Å²) < 4.78 is 0. The summed E-state index contributed by atoms with van der Waals surface area (Å²) in [5.74, 6) is 0.681. The lowest BCUT2D eigenvalue weighted by Crippen LogP contribution is -2.34. The topological polar surface area (TPSA) is 40.5 Å². The third-order valence-electron chi connectivity index (χ3n) is 3.94. The summed E-state index contributed by atoms with van der Waals surface area (Å²) in [6, 6.07) is 0. The zero-order valence-electron chi connectivity index (χ0n) is 10.2. The van der Waals surface area contributed by atoms with Crippen LogP contribution in [0.1, 0.15) is 45.4 Å². The molecular weight excluding hydrogens is 202 g/mol. The van der Waals surface area contributed by atoms with Crippen LogP contribution in [0.4, 0.5) is 0 Å². The van der Waals surface area contributed by atoms with E-state index in [1.807, 2.05) is 6.92 Å². The van der Waals surface area contributed by atoms with E-state index in [0.29, 0.717) is 5.78 Å². The summed E-state index contributed by atoms with van der Waals surface area (Å²) in [6.45, 7) is 4.43. The normalized spacial score (nSPS) is 37.6. The molecular formula is C13H23NO2. The molecule has 0 spiro atoms. The van der Waals surface area contributed by atoms with Crippen molar-refractivity contribution >= 4 is 5.78 Å². The summed E-state index contributed by atoms with van der Waals surface area (Å²) in [5, 5.41) is 9.89. The van der Waals surface area contributed by atoms with E-state index in [9.17, 15) is 9.90 Å². The van der Waals surface area contributed by atoms with Crippen molar-refractivity contribution in [3.05, 3.63) is 0 Å². The van der Waals surface area contributed by atoms with Crippen molar-refractivity contribution in [1.82, 2.24) is 4.90 Å². The molecule has 0 aromatic rings. The molecule has 0 amide bonds. The molecule has 16 heavy (non-hydrogen) atoms. The summed E-state index contributed by atoms with van der Waals surface area (Å²) >= 11 is 0. The highest BCUT2D eigenvalue weighted by atomic mass is 16.3. The third-order valence-corrected chi connectivity index (χ3v) is 3.94. The van der Waals surface area contributed by atoms with Gasteiger partial charge in [-0.1, -0.05) is 12.8 Å². The Morgan fingerprint density at radius 1 is 1.44 bits per heavy atom. The van der Waals surface area contributed by atoms with Crippen LogP contribution < -0.4 is 0 Å². The Bertz CT molecular complexity index is 263. The number of hydrogen-bond donors (Lipinski definition) is 1. The van der Waals surface area contributed by atoms with Gasteiger partial charge in [0.25, 0.3) is 0 Å². The highest BCUT2D eigenvalue weighted by Gasteiger charge is 2.33. The van der Waals surface area contributed by atoms with Gasteiger partial charge in [0, 0.05) is 32.0 Å². The van der Waals surface area contributed by atoms with Gasteiger partial charge >= 0.3 is 0 Å². The number of carbonyl (C=O) groups is 1. The lowest BCUT2D eigenvalue weighted by atomic mass is 9.98. The van der Waals surface area contributed by atoms with Gasteiger partial charge in [0.05, 0.1) is 5.60 Å². The van der Waals surface area contributed by atoms with Crippen LogP contribution in [0.25, 0.3) is 0 Å². The van der Waals surface area contributed by atoms with Gasteiger partial charge in [0.1, 0.15) is 5.78 Å². The van der Waals surface area contributed by atoms with Gasteiger partial charge in [0.2, 0.25) is 0 Å². The fourth-order valence-electron chi connectivity index (χ4n) is 2.93. The van der Waals surface area contributed by atoms with Crippen molar-refractivity contribution < 1.29 is 9.90 Å². The minimum atomic E-state index is -0.534. The SMILES string of the molecule is CC1(O)CCN(CC2CCCCCC2=O)C1. The van der Waals surface area contributed by atoms with Crippen molar-refractivity contribution in [2.45, 2.75) is 51.0 Å². The van der Waals surface area contributed by atoms with Gasteiger partial charge in [-0.3, -0.25) is 9.69 Å². The number of hydrogen-bond acceptors (Lipinski definition) is 3. The first-order chi connectivity index (χ1) is 7.57. The Balaban J connectivity index is 1.86. The molecule has 0 aromatic heterocycles. The van der Waals surface area contributed by atoms with Crippen LogP contribution in [0.5, 0.6) is 0 Å². The maximum absolute atomic E-state index is 11.9. The Labute approximate surface area is 97.8 Å². The number of ketones is 1. The van der Waals surface area contributed by atoms with E-state index in [2.05, 4.69) is 4.90 Å². The predicted octanol–water partition coefficient (Wildman–Crippen LogP) is 1.59. The van der Waals surface area contributed by atoms with E-state index in [0.717, 1.165) is 45.3 Å². The lowest BCUT2D eigenvalue weighted by molar-refractivity contribution is -0.123. The van der Waals surface area contributed by atoms with Gasteiger partial charge in [-0.15, -0.1) is 0 Å². The number of rotatable bonds is 2. The minimum absolute atomic E-state index is 0.233. The molecule has 3 heteroatoms. The van der Waals surface area contributed by atoms with Crippen LogP contribution in [0.3, 0.4) is 0 Å². The molecule has 92 valence electrons. The molecule has 1 saturated carbocycles. The predicted molar refractivity (Wildman–Crippen MR) is 63.3 cm³/mol. The second-order valence-electron chi connectivity index (χ2n) is 5.74. The monoisotopic (exact) mass is 225 g/mol. The van der Waals surface area contributed by atoms with Crippen LogP contribution in [0, 0.1) is 5.92 Å². The smallest absolute Gasteiger partial charge is 0.137 e. The standard InChI is InChI=1S/C13H23NO2/c1-13(16)7-8-14(10-13)9-11-5-3-2-4-6-12(11)15/h11,16H,2-10H2,1H3. The molecule has 2 atom stereocenters. The Morgan fingerprint density at radius 2 is 2.25 bits per heavy atom. The first-order valence-electron chi connectivity index (χ1n) is 6.54. The quantitative estimate of drug-likeness (QED) is 0.726. The largest absolute Gasteiger partial charge is 0.389 e. The first kappa shape index (κ1) is 12.1. The fourth-order valence-corrected chi connectivity index (χ4v) is 2.93. The van der Waals surface area contributed by atoms with Crippen LogP contribution in [-0.4, -0.2) is 41.0 Å². The maximum Gasteiger partial charge on any atom is 0.137 e. The van der Waals surface area contributed by atoms with Crippen LogP contribution in [-0.2, 0) is 4.79 Å². The Hall–Kier alpha value is -0.410. The highest BCUT2D eigenvalue weighted by molar-refractivity contribution is 5.81. The van der Waals surface area contributed by atoms with Crippen molar-refractivity contribution in [2.75, 3.05) is 19.6 Å². The molecule has 1 aliphatic carbocycles. The van der Waals surface area contributed by atoms with E-state index >= 15 is 0 Å². The second kappa shape index (κ2) is 4.84. The summed E-state index contributed by atoms with van der Waals surface area (Å²) in [5.41, 5.74) is -0.534. The van der Waals surface area contributed by atoms with E-state index in [1.54, 1.807) is 0 Å². The minimum Gasteiger partial charge on any atom is -0.389 e. The number of carbonyl (C=O) groups excluding carboxylic acids is 1. The van der Waals surface area contributed by atoms with E-state index in [4.69, 9.17) is 0 Å². The molecule has 1 heterocycles. The third kappa shape index (κ3) is 3.05. The van der Waals surface area contributed by atoms with Gasteiger partial charge in [-0.2, -0.15) is 0 Å². The van der Waals surface area contributed by atoms with Crippen LogP contribution in [0.2, 0.25) is 0 Å². The fraction of sp³-hybridized carbons (Fsp3) is 0.923. The maximum atomic E-state index is 11.9. The van der Waals surface area contributed by atoms with Crippen molar-refractivity contribution in [3.63, 3.8) is 0 Å². The van der Waals surface area contributed by atoms with Gasteiger partial charge in [0.15, 0.2) is 0 Å². The molecule has 1 aliphatic heterocycles.